The Bertz CT molecular complexity index is 1450. The second-order valence-electron chi connectivity index (χ2n) is 12.5. The van der Waals surface area contributed by atoms with E-state index in [2.05, 4.69) is 44.0 Å². The van der Waals surface area contributed by atoms with E-state index in [4.69, 9.17) is 15.4 Å². The third-order valence-corrected chi connectivity index (χ3v) is 7.79. The zero-order valence-electron chi connectivity index (χ0n) is 25.2. The molecular weight excluding hydrogens is 503 g/mol. The Kier molecular flexibility index (Phi) is 7.76. The minimum Gasteiger partial charge on any atom is -0.354 e. The van der Waals surface area contributed by atoms with Gasteiger partial charge in [0.15, 0.2) is 0 Å². The average molecular weight is 545 g/mol. The van der Waals surface area contributed by atoms with Crippen LogP contribution >= 0.6 is 0 Å². The molecule has 0 aliphatic carbocycles. The predicted molar refractivity (Wildman–Crippen MR) is 161 cm³/mol. The maximum atomic E-state index is 14.2. The molecule has 0 atom stereocenters. The van der Waals surface area contributed by atoms with Crippen LogP contribution < -0.4 is 10.2 Å². The van der Waals surface area contributed by atoms with Crippen LogP contribution in [-0.2, 0) is 0 Å². The normalized spacial score (nSPS) is 15.2. The van der Waals surface area contributed by atoms with Crippen molar-refractivity contribution in [2.24, 2.45) is 5.41 Å². The van der Waals surface area contributed by atoms with Crippen LogP contribution in [0, 0.1) is 44.3 Å². The molecule has 212 valence electrons. The van der Waals surface area contributed by atoms with Crippen LogP contribution in [0.2, 0.25) is 0 Å². The second kappa shape index (κ2) is 10.6. The Morgan fingerprint density at radius 3 is 2.30 bits per heavy atom. The van der Waals surface area contributed by atoms with E-state index in [-0.39, 0.29) is 23.1 Å². The lowest BCUT2D eigenvalue weighted by molar-refractivity contribution is 0.0507. The van der Waals surface area contributed by atoms with E-state index in [9.17, 15) is 9.18 Å². The lowest BCUT2D eigenvalue weighted by atomic mass is 9.87. The molecule has 0 bridgehead atoms. The maximum Gasteiger partial charge on any atom is 0.273 e. The number of carbonyl (C=O) groups is 1. The number of aromatic nitrogens is 2. The lowest BCUT2D eigenvalue weighted by Crippen LogP contribution is -2.61. The Labute approximate surface area is 237 Å². The summed E-state index contributed by atoms with van der Waals surface area (Å²) < 4.78 is 14.2. The van der Waals surface area contributed by atoms with Crippen molar-refractivity contribution in [3.8, 4) is 0 Å². The minimum atomic E-state index is -0.508. The largest absolute Gasteiger partial charge is 0.354 e. The first kappa shape index (κ1) is 29.2. The lowest BCUT2D eigenvalue weighted by Gasteiger charge is -2.47. The van der Waals surface area contributed by atoms with Crippen molar-refractivity contribution >= 4 is 28.8 Å². The van der Waals surface area contributed by atoms with Crippen molar-refractivity contribution in [3.63, 3.8) is 0 Å². The monoisotopic (exact) mass is 544 g/mol. The molecule has 0 spiro atoms. The number of carbonyl (C=O) groups excluding carboxylic acids is 1. The number of nitrogens with zero attached hydrogens (tertiary/aromatic N) is 4. The van der Waals surface area contributed by atoms with Crippen molar-refractivity contribution in [3.05, 3.63) is 76.0 Å². The van der Waals surface area contributed by atoms with Crippen LogP contribution in [0.3, 0.4) is 0 Å². The summed E-state index contributed by atoms with van der Waals surface area (Å²) in [5.41, 5.74) is 5.06. The number of halogens is 1. The fourth-order valence-corrected chi connectivity index (χ4v) is 4.95. The first-order valence-electron chi connectivity index (χ1n) is 13.7. The van der Waals surface area contributed by atoms with Gasteiger partial charge in [-0.2, -0.15) is 0 Å². The molecule has 40 heavy (non-hydrogen) atoms. The van der Waals surface area contributed by atoms with Gasteiger partial charge < -0.3 is 20.5 Å². The van der Waals surface area contributed by atoms with Crippen LogP contribution in [0.4, 0.5) is 21.6 Å². The summed E-state index contributed by atoms with van der Waals surface area (Å²) in [6.45, 7) is 19.7. The van der Waals surface area contributed by atoms with E-state index >= 15 is 0 Å². The van der Waals surface area contributed by atoms with Crippen LogP contribution in [0.25, 0.3) is 0 Å². The van der Waals surface area contributed by atoms with Crippen LogP contribution in [0.15, 0.2) is 36.4 Å². The molecule has 1 aromatic carbocycles. The van der Waals surface area contributed by atoms with Gasteiger partial charge in [0.25, 0.3) is 5.91 Å². The van der Waals surface area contributed by atoms with E-state index in [1.165, 1.54) is 17.2 Å². The Hall–Kier alpha value is -3.81. The Morgan fingerprint density at radius 1 is 1.00 bits per heavy atom. The highest BCUT2D eigenvalue weighted by molar-refractivity contribution is 6.06. The van der Waals surface area contributed by atoms with Gasteiger partial charge in [0.05, 0.1) is 16.9 Å². The number of pyridine rings is 2. The quantitative estimate of drug-likeness (QED) is 0.347. The van der Waals surface area contributed by atoms with Gasteiger partial charge in [-0.05, 0) is 88.6 Å². The molecule has 3 heterocycles. The number of nitrogens with one attached hydrogen (secondary N) is 2. The number of amides is 1. The molecule has 2 N–H and O–H groups in total. The summed E-state index contributed by atoms with van der Waals surface area (Å²) >= 11 is 0. The van der Waals surface area contributed by atoms with Crippen LogP contribution in [0.1, 0.15) is 73.2 Å². The highest BCUT2D eigenvalue weighted by Crippen LogP contribution is 2.31. The summed E-state index contributed by atoms with van der Waals surface area (Å²) in [4.78, 5) is 27.5. The molecular formula is C32H41FN6O. The molecule has 0 saturated carbocycles. The summed E-state index contributed by atoms with van der Waals surface area (Å²) in [5, 5.41) is 12.1. The first-order chi connectivity index (χ1) is 18.6. The van der Waals surface area contributed by atoms with E-state index in [0.717, 1.165) is 11.5 Å². The molecule has 1 saturated heterocycles. The fraction of sp³-hybridized carbons (Fsp3) is 0.438. The Balaban J connectivity index is 1.63. The maximum absolute atomic E-state index is 14.2. The summed E-state index contributed by atoms with van der Waals surface area (Å²) in [6.07, 6.45) is 0. The number of hydrogen-bond donors (Lipinski definition) is 2. The van der Waals surface area contributed by atoms with Crippen molar-refractivity contribution in [1.29, 1.82) is 5.41 Å². The summed E-state index contributed by atoms with van der Waals surface area (Å²) in [5.74, 6) is 0.442. The molecule has 2 aromatic heterocycles. The molecule has 1 aliphatic heterocycles. The van der Waals surface area contributed by atoms with E-state index in [1.807, 2.05) is 32.6 Å². The average Bonchev–Trinajstić information content (AvgIpc) is 2.87. The molecule has 3 aromatic rings. The highest BCUT2D eigenvalue weighted by atomic mass is 19.1. The van der Waals surface area contributed by atoms with Crippen LogP contribution in [-0.4, -0.2) is 51.7 Å². The zero-order chi connectivity index (χ0) is 29.6. The van der Waals surface area contributed by atoms with Gasteiger partial charge in [-0.3, -0.25) is 4.79 Å². The SMILES string of the molecule is Cc1ccc(Nc2ccc(C(=O)N3CCN(c4cc(C)c(C)c(C)n4)CC3(C)C)nc2C(=N)C(C)(C)C)cc1F. The van der Waals surface area contributed by atoms with Gasteiger partial charge in [-0.15, -0.1) is 0 Å². The van der Waals surface area contributed by atoms with Crippen molar-refractivity contribution in [2.45, 2.75) is 67.9 Å². The molecule has 1 amide bonds. The Morgan fingerprint density at radius 2 is 1.70 bits per heavy atom. The van der Waals surface area contributed by atoms with Crippen LogP contribution in [0.5, 0.6) is 0 Å². The number of rotatable bonds is 5. The second-order valence-corrected chi connectivity index (χ2v) is 12.5. The van der Waals surface area contributed by atoms with Gasteiger partial charge in [-0.25, -0.2) is 14.4 Å². The number of hydrogen-bond acceptors (Lipinski definition) is 6. The molecule has 4 rings (SSSR count). The van der Waals surface area contributed by atoms with Crippen molar-refractivity contribution in [1.82, 2.24) is 14.9 Å². The number of benzene rings is 1. The van der Waals surface area contributed by atoms with E-state index in [0.29, 0.717) is 42.3 Å². The topological polar surface area (TPSA) is 85.2 Å². The molecule has 0 radical (unpaired) electrons. The summed E-state index contributed by atoms with van der Waals surface area (Å²) in [6, 6.07) is 10.5. The van der Waals surface area contributed by atoms with Crippen molar-refractivity contribution < 1.29 is 9.18 Å². The van der Waals surface area contributed by atoms with Gasteiger partial charge in [0.1, 0.15) is 23.0 Å². The van der Waals surface area contributed by atoms with Gasteiger partial charge >= 0.3 is 0 Å². The fourth-order valence-electron chi connectivity index (χ4n) is 4.95. The molecule has 1 aliphatic rings. The summed E-state index contributed by atoms with van der Waals surface area (Å²) in [7, 11) is 0. The van der Waals surface area contributed by atoms with Gasteiger partial charge in [0.2, 0.25) is 0 Å². The molecule has 7 nitrogen and oxygen atoms in total. The number of piperazine rings is 1. The first-order valence-corrected chi connectivity index (χ1v) is 13.7. The third kappa shape index (κ3) is 5.86. The number of anilines is 3. The molecule has 0 unspecified atom stereocenters. The van der Waals surface area contributed by atoms with E-state index < -0.39 is 11.0 Å². The predicted octanol–water partition coefficient (Wildman–Crippen LogP) is 6.75. The molecule has 1 fully saturated rings. The van der Waals surface area contributed by atoms with Gasteiger partial charge in [-0.1, -0.05) is 26.8 Å². The minimum absolute atomic E-state index is 0.176. The van der Waals surface area contributed by atoms with Gasteiger partial charge in [0, 0.05) is 36.4 Å². The molecule has 8 heteroatoms. The van der Waals surface area contributed by atoms with E-state index in [1.54, 1.807) is 31.2 Å². The standard InChI is InChI=1S/C32H41FN6O/c1-19-10-11-23(17-24(19)33)36-25-12-13-26(37-28(25)29(34)31(5,6)7)30(40)39-15-14-38(18-32(39,8)9)27-16-20(2)21(3)22(4)35-27/h10-13,16-17,34,36H,14-15,18H2,1-9H3. The highest BCUT2D eigenvalue weighted by Gasteiger charge is 2.38. The zero-order valence-corrected chi connectivity index (χ0v) is 25.2. The number of aryl methyl sites for hydroxylation is 3. The smallest absolute Gasteiger partial charge is 0.273 e. The van der Waals surface area contributed by atoms with Crippen molar-refractivity contribution in [2.75, 3.05) is 29.9 Å². The third-order valence-electron chi connectivity index (χ3n) is 7.79.